The SMILES string of the molecule is O=S1(=O)C=C(Br)c2ccc3c(c(F)nn3C3CCCCO3)c21. The second-order valence-electron chi connectivity index (χ2n) is 5.40. The molecule has 0 aliphatic carbocycles. The molecule has 1 unspecified atom stereocenters. The standard InChI is InChI=1S/C14H12BrFN2O3S/c15-9-7-22(19,20)13-8(9)4-5-10-12(13)14(16)17-18(10)11-3-1-2-6-21-11/h4-5,7,11H,1-3,6H2. The van der Waals surface area contributed by atoms with Gasteiger partial charge in [0.15, 0.2) is 6.23 Å². The number of aromatic nitrogens is 2. The van der Waals surface area contributed by atoms with Gasteiger partial charge in [0.25, 0.3) is 0 Å². The van der Waals surface area contributed by atoms with Gasteiger partial charge in [0, 0.05) is 16.7 Å². The molecule has 0 amide bonds. The molecule has 3 heterocycles. The minimum Gasteiger partial charge on any atom is -0.356 e. The third-order valence-corrected chi connectivity index (χ3v) is 6.51. The minimum atomic E-state index is -3.66. The fourth-order valence-corrected chi connectivity index (χ4v) is 5.71. The van der Waals surface area contributed by atoms with Crippen molar-refractivity contribution >= 4 is 41.2 Å². The Balaban J connectivity index is 1.99. The molecule has 4 rings (SSSR count). The van der Waals surface area contributed by atoms with Crippen molar-refractivity contribution in [3.05, 3.63) is 29.1 Å². The molecule has 0 N–H and O–H groups in total. The average Bonchev–Trinajstić information content (AvgIpc) is 2.95. The Morgan fingerprint density at radius 3 is 2.91 bits per heavy atom. The van der Waals surface area contributed by atoms with E-state index in [9.17, 15) is 12.8 Å². The largest absolute Gasteiger partial charge is 0.356 e. The highest BCUT2D eigenvalue weighted by Gasteiger charge is 2.32. The summed E-state index contributed by atoms with van der Waals surface area (Å²) >= 11 is 3.21. The molecule has 116 valence electrons. The van der Waals surface area contributed by atoms with Crippen LogP contribution in [0.25, 0.3) is 15.4 Å². The Morgan fingerprint density at radius 1 is 1.36 bits per heavy atom. The summed E-state index contributed by atoms with van der Waals surface area (Å²) in [4.78, 5) is -0.0172. The van der Waals surface area contributed by atoms with Crippen molar-refractivity contribution in [2.45, 2.75) is 30.4 Å². The van der Waals surface area contributed by atoms with E-state index in [1.54, 1.807) is 12.1 Å². The predicted molar refractivity (Wildman–Crippen MR) is 82.6 cm³/mol. The Bertz CT molecular complexity index is 914. The smallest absolute Gasteiger partial charge is 0.241 e. The fraction of sp³-hybridized carbons (Fsp3) is 0.357. The molecule has 1 aromatic carbocycles. The molecule has 2 aromatic rings. The maximum absolute atomic E-state index is 14.4. The summed E-state index contributed by atoms with van der Waals surface area (Å²) in [6, 6.07) is 3.36. The monoisotopic (exact) mass is 386 g/mol. The Hall–Kier alpha value is -1.25. The Labute approximate surface area is 134 Å². The van der Waals surface area contributed by atoms with E-state index in [4.69, 9.17) is 4.74 Å². The first-order valence-electron chi connectivity index (χ1n) is 6.94. The zero-order chi connectivity index (χ0) is 15.5. The van der Waals surface area contributed by atoms with Gasteiger partial charge in [0.2, 0.25) is 15.8 Å². The van der Waals surface area contributed by atoms with E-state index in [1.165, 1.54) is 4.68 Å². The van der Waals surface area contributed by atoms with Gasteiger partial charge in [-0.3, -0.25) is 0 Å². The van der Waals surface area contributed by atoms with Crippen molar-refractivity contribution in [1.29, 1.82) is 0 Å². The maximum atomic E-state index is 14.4. The van der Waals surface area contributed by atoms with Crippen LogP contribution in [0.1, 0.15) is 31.1 Å². The van der Waals surface area contributed by atoms with E-state index in [-0.39, 0.29) is 16.5 Å². The van der Waals surface area contributed by atoms with E-state index in [0.717, 1.165) is 24.7 Å². The normalized spacial score (nSPS) is 23.5. The Morgan fingerprint density at radius 2 is 2.18 bits per heavy atom. The number of fused-ring (bicyclic) bond motifs is 3. The van der Waals surface area contributed by atoms with Gasteiger partial charge in [0.05, 0.1) is 21.2 Å². The van der Waals surface area contributed by atoms with Gasteiger partial charge >= 0.3 is 0 Å². The zero-order valence-electron chi connectivity index (χ0n) is 11.4. The molecule has 8 heteroatoms. The van der Waals surface area contributed by atoms with Gasteiger partial charge in [-0.05, 0) is 41.3 Å². The molecule has 0 radical (unpaired) electrons. The predicted octanol–water partition coefficient (Wildman–Crippen LogP) is 3.36. The third-order valence-electron chi connectivity index (χ3n) is 4.01. The summed E-state index contributed by atoms with van der Waals surface area (Å²) in [5, 5.41) is 5.05. The zero-order valence-corrected chi connectivity index (χ0v) is 13.8. The van der Waals surface area contributed by atoms with Crippen molar-refractivity contribution in [2.75, 3.05) is 6.61 Å². The topological polar surface area (TPSA) is 61.2 Å². The molecule has 0 spiro atoms. The average molecular weight is 387 g/mol. The fourth-order valence-electron chi connectivity index (χ4n) is 3.04. The highest BCUT2D eigenvalue weighted by Crippen LogP contribution is 2.42. The summed E-state index contributed by atoms with van der Waals surface area (Å²) in [7, 11) is -3.66. The van der Waals surface area contributed by atoms with Gasteiger partial charge in [-0.1, -0.05) is 6.07 Å². The van der Waals surface area contributed by atoms with Crippen LogP contribution in [0, 0.1) is 5.95 Å². The summed E-state index contributed by atoms with van der Waals surface area (Å²) in [6.07, 6.45) is 2.34. The van der Waals surface area contributed by atoms with Crippen LogP contribution in [0.4, 0.5) is 4.39 Å². The molecule has 2 aliphatic rings. The first kappa shape index (κ1) is 14.3. The number of hydrogen-bond acceptors (Lipinski definition) is 4. The lowest BCUT2D eigenvalue weighted by atomic mass is 10.1. The molecule has 5 nitrogen and oxygen atoms in total. The summed E-state index contributed by atoms with van der Waals surface area (Å²) in [5.74, 6) is -0.778. The maximum Gasteiger partial charge on any atom is 0.241 e. The molecule has 2 aliphatic heterocycles. The highest BCUT2D eigenvalue weighted by molar-refractivity contribution is 9.15. The molecule has 1 aromatic heterocycles. The molecule has 22 heavy (non-hydrogen) atoms. The van der Waals surface area contributed by atoms with Crippen LogP contribution >= 0.6 is 15.9 Å². The van der Waals surface area contributed by atoms with Crippen LogP contribution in [0.5, 0.6) is 0 Å². The van der Waals surface area contributed by atoms with Crippen molar-refractivity contribution in [1.82, 2.24) is 9.78 Å². The lowest BCUT2D eigenvalue weighted by Crippen LogP contribution is -2.19. The van der Waals surface area contributed by atoms with Gasteiger partial charge in [-0.25, -0.2) is 13.1 Å². The first-order chi connectivity index (χ1) is 10.5. The van der Waals surface area contributed by atoms with Crippen LogP contribution in [0.2, 0.25) is 0 Å². The lowest BCUT2D eigenvalue weighted by Gasteiger charge is -2.23. The van der Waals surface area contributed by atoms with Crippen LogP contribution in [0.3, 0.4) is 0 Å². The number of sulfone groups is 1. The van der Waals surface area contributed by atoms with Crippen LogP contribution in [-0.2, 0) is 14.6 Å². The molecule has 1 atom stereocenters. The number of ether oxygens (including phenoxy) is 1. The summed E-state index contributed by atoms with van der Waals surface area (Å²) in [5.41, 5.74) is 0.915. The van der Waals surface area contributed by atoms with Gasteiger partial charge in [-0.2, -0.15) is 4.39 Å². The number of benzene rings is 1. The number of halogens is 2. The van der Waals surface area contributed by atoms with Crippen molar-refractivity contribution in [2.24, 2.45) is 0 Å². The second-order valence-corrected chi connectivity index (χ2v) is 7.99. The van der Waals surface area contributed by atoms with E-state index < -0.39 is 15.8 Å². The molecule has 1 saturated heterocycles. The van der Waals surface area contributed by atoms with E-state index in [0.29, 0.717) is 22.2 Å². The van der Waals surface area contributed by atoms with Crippen LogP contribution < -0.4 is 0 Å². The quantitative estimate of drug-likeness (QED) is 0.753. The van der Waals surface area contributed by atoms with E-state index in [2.05, 4.69) is 21.0 Å². The molecule has 1 fully saturated rings. The van der Waals surface area contributed by atoms with E-state index >= 15 is 0 Å². The van der Waals surface area contributed by atoms with Crippen molar-refractivity contribution in [3.63, 3.8) is 0 Å². The number of rotatable bonds is 1. The first-order valence-corrected chi connectivity index (χ1v) is 9.28. The summed E-state index contributed by atoms with van der Waals surface area (Å²) < 4.78 is 46.5. The second kappa shape index (κ2) is 4.87. The molecule has 0 bridgehead atoms. The van der Waals surface area contributed by atoms with Crippen LogP contribution in [-0.4, -0.2) is 24.8 Å². The summed E-state index contributed by atoms with van der Waals surface area (Å²) in [6.45, 7) is 0.601. The third kappa shape index (κ3) is 1.97. The number of nitrogens with zero attached hydrogens (tertiary/aromatic N) is 2. The van der Waals surface area contributed by atoms with Crippen LogP contribution in [0.15, 0.2) is 22.4 Å². The number of hydrogen-bond donors (Lipinski definition) is 0. The molecule has 0 saturated carbocycles. The van der Waals surface area contributed by atoms with Gasteiger partial charge in [-0.15, -0.1) is 5.10 Å². The lowest BCUT2D eigenvalue weighted by molar-refractivity contribution is -0.0375. The highest BCUT2D eigenvalue weighted by atomic mass is 79.9. The van der Waals surface area contributed by atoms with Crippen molar-refractivity contribution in [3.8, 4) is 0 Å². The van der Waals surface area contributed by atoms with Gasteiger partial charge < -0.3 is 4.74 Å². The minimum absolute atomic E-state index is 0.0172. The van der Waals surface area contributed by atoms with Crippen molar-refractivity contribution < 1.29 is 17.5 Å². The van der Waals surface area contributed by atoms with E-state index in [1.807, 2.05) is 0 Å². The Kier molecular flexibility index (Phi) is 3.18. The van der Waals surface area contributed by atoms with Gasteiger partial charge in [0.1, 0.15) is 0 Å². The molecular weight excluding hydrogens is 375 g/mol. The molecular formula is C14H12BrFN2O3S.